The Balaban J connectivity index is 1.99. The van der Waals surface area contributed by atoms with E-state index < -0.39 is 0 Å². The Labute approximate surface area is 115 Å². The normalized spacial score (nSPS) is 17.4. The molecule has 1 aliphatic rings. The van der Waals surface area contributed by atoms with E-state index in [2.05, 4.69) is 39.1 Å². The predicted molar refractivity (Wildman–Crippen MR) is 75.8 cm³/mol. The first-order valence-electron chi connectivity index (χ1n) is 6.24. The van der Waals surface area contributed by atoms with Gasteiger partial charge in [0.05, 0.1) is 12.0 Å². The summed E-state index contributed by atoms with van der Waals surface area (Å²) >= 11 is 3.65. The summed E-state index contributed by atoms with van der Waals surface area (Å²) in [7, 11) is 0. The van der Waals surface area contributed by atoms with Gasteiger partial charge >= 0.3 is 0 Å². The first kappa shape index (κ1) is 11.9. The molecule has 0 amide bonds. The van der Waals surface area contributed by atoms with Crippen LogP contribution in [0.15, 0.2) is 41.4 Å². The highest BCUT2D eigenvalue weighted by Crippen LogP contribution is 2.43. The molecule has 2 N–H and O–H groups in total. The van der Waals surface area contributed by atoms with E-state index in [0.29, 0.717) is 0 Å². The quantitative estimate of drug-likeness (QED) is 0.947. The van der Waals surface area contributed by atoms with Crippen LogP contribution < -0.4 is 5.73 Å². The van der Waals surface area contributed by atoms with E-state index in [9.17, 15) is 0 Å². The summed E-state index contributed by atoms with van der Waals surface area (Å²) in [4.78, 5) is 4.08. The second-order valence-electron chi connectivity index (χ2n) is 4.97. The number of nitrogens with two attached hydrogens (primary N) is 1. The monoisotopic (exact) mass is 305 g/mol. The minimum Gasteiger partial charge on any atom is -0.330 e. The van der Waals surface area contributed by atoms with Gasteiger partial charge in [-0.15, -0.1) is 0 Å². The zero-order valence-electron chi connectivity index (χ0n) is 10.1. The summed E-state index contributed by atoms with van der Waals surface area (Å²) in [6.45, 7) is 0.740. The van der Waals surface area contributed by atoms with Crippen molar-refractivity contribution in [1.29, 1.82) is 0 Å². The molecule has 0 unspecified atom stereocenters. The molecule has 0 radical (unpaired) electrons. The predicted octanol–water partition coefficient (Wildman–Crippen LogP) is 3.02. The van der Waals surface area contributed by atoms with Crippen molar-refractivity contribution in [2.24, 2.45) is 5.73 Å². The zero-order valence-corrected chi connectivity index (χ0v) is 11.7. The van der Waals surface area contributed by atoms with Gasteiger partial charge < -0.3 is 10.3 Å². The van der Waals surface area contributed by atoms with Gasteiger partial charge in [0.2, 0.25) is 0 Å². The molecule has 94 valence electrons. The first-order chi connectivity index (χ1) is 8.75. The maximum absolute atomic E-state index is 5.95. The van der Waals surface area contributed by atoms with Crippen molar-refractivity contribution < 1.29 is 0 Å². The maximum Gasteiger partial charge on any atom is 0.0992 e. The molecule has 4 heteroatoms. The van der Waals surface area contributed by atoms with Gasteiger partial charge in [-0.05, 0) is 46.5 Å². The molecule has 3 nitrogen and oxygen atoms in total. The molecule has 2 aromatic rings. The zero-order chi connectivity index (χ0) is 12.6. The lowest BCUT2D eigenvalue weighted by Crippen LogP contribution is -2.41. The molecular formula is C14H16BrN3. The van der Waals surface area contributed by atoms with Crippen LogP contribution in [0.1, 0.15) is 24.8 Å². The smallest absolute Gasteiger partial charge is 0.0992 e. The van der Waals surface area contributed by atoms with Gasteiger partial charge in [0.1, 0.15) is 0 Å². The SMILES string of the molecule is NCC1(c2ccc(-n3ccnc3)c(Br)c2)CCC1. The van der Waals surface area contributed by atoms with Crippen molar-refractivity contribution in [2.75, 3.05) is 6.54 Å². The lowest BCUT2D eigenvalue weighted by Gasteiger charge is -2.41. The average Bonchev–Trinajstić information content (AvgIpc) is 2.82. The average molecular weight is 306 g/mol. The van der Waals surface area contributed by atoms with Crippen LogP contribution >= 0.6 is 15.9 Å². The van der Waals surface area contributed by atoms with Gasteiger partial charge in [0.15, 0.2) is 0 Å². The molecule has 18 heavy (non-hydrogen) atoms. The number of hydrogen-bond acceptors (Lipinski definition) is 2. The van der Waals surface area contributed by atoms with Crippen LogP contribution in [0.4, 0.5) is 0 Å². The van der Waals surface area contributed by atoms with E-state index in [-0.39, 0.29) is 5.41 Å². The fraction of sp³-hybridized carbons (Fsp3) is 0.357. The van der Waals surface area contributed by atoms with Gasteiger partial charge in [-0.1, -0.05) is 12.5 Å². The highest BCUT2D eigenvalue weighted by Gasteiger charge is 2.37. The van der Waals surface area contributed by atoms with Crippen LogP contribution in [-0.2, 0) is 5.41 Å². The molecule has 0 spiro atoms. The van der Waals surface area contributed by atoms with Crippen molar-refractivity contribution in [2.45, 2.75) is 24.7 Å². The van der Waals surface area contributed by atoms with Crippen LogP contribution in [0.2, 0.25) is 0 Å². The number of benzene rings is 1. The van der Waals surface area contributed by atoms with Crippen molar-refractivity contribution in [1.82, 2.24) is 9.55 Å². The maximum atomic E-state index is 5.95. The van der Waals surface area contributed by atoms with E-state index in [1.165, 1.54) is 24.8 Å². The number of hydrogen-bond donors (Lipinski definition) is 1. The summed E-state index contributed by atoms with van der Waals surface area (Å²) < 4.78 is 3.10. The van der Waals surface area contributed by atoms with Gasteiger partial charge in [-0.2, -0.15) is 0 Å². The molecule has 1 saturated carbocycles. The van der Waals surface area contributed by atoms with Crippen LogP contribution in [0.5, 0.6) is 0 Å². The third-order valence-corrected chi connectivity index (χ3v) is 4.68. The van der Waals surface area contributed by atoms with Crippen molar-refractivity contribution >= 4 is 15.9 Å². The summed E-state index contributed by atoms with van der Waals surface area (Å²) in [5.41, 5.74) is 8.64. The van der Waals surface area contributed by atoms with Crippen molar-refractivity contribution in [3.8, 4) is 5.69 Å². The number of halogens is 1. The largest absolute Gasteiger partial charge is 0.330 e. The number of rotatable bonds is 3. The van der Waals surface area contributed by atoms with Crippen LogP contribution in [0, 0.1) is 0 Å². The summed E-state index contributed by atoms with van der Waals surface area (Å²) in [5, 5.41) is 0. The van der Waals surface area contributed by atoms with E-state index in [1.807, 2.05) is 17.1 Å². The highest BCUT2D eigenvalue weighted by atomic mass is 79.9. The number of aromatic nitrogens is 2. The molecule has 1 fully saturated rings. The van der Waals surface area contributed by atoms with Crippen LogP contribution in [0.25, 0.3) is 5.69 Å². The van der Waals surface area contributed by atoms with Gasteiger partial charge in [-0.3, -0.25) is 0 Å². The lowest BCUT2D eigenvalue weighted by molar-refractivity contribution is 0.253. The first-order valence-corrected chi connectivity index (χ1v) is 7.03. The van der Waals surface area contributed by atoms with E-state index in [0.717, 1.165) is 16.7 Å². The van der Waals surface area contributed by atoms with Crippen LogP contribution in [-0.4, -0.2) is 16.1 Å². The van der Waals surface area contributed by atoms with Crippen molar-refractivity contribution in [3.63, 3.8) is 0 Å². The molecule has 1 aromatic heterocycles. The Morgan fingerprint density at radius 1 is 1.39 bits per heavy atom. The summed E-state index contributed by atoms with van der Waals surface area (Å²) in [6.07, 6.45) is 9.25. The fourth-order valence-electron chi connectivity index (χ4n) is 2.66. The Hall–Kier alpha value is -1.13. The Bertz CT molecular complexity index is 539. The molecular weight excluding hydrogens is 290 g/mol. The third-order valence-electron chi connectivity index (χ3n) is 4.04. The molecule has 1 aliphatic carbocycles. The standard InChI is InChI=1S/C14H16BrN3/c15-12-8-11(14(9-16)4-1-5-14)2-3-13(12)18-7-6-17-10-18/h2-3,6-8,10H,1,4-5,9,16H2. The van der Waals surface area contributed by atoms with E-state index in [4.69, 9.17) is 5.73 Å². The molecule has 3 rings (SSSR count). The Morgan fingerprint density at radius 3 is 2.72 bits per heavy atom. The van der Waals surface area contributed by atoms with E-state index >= 15 is 0 Å². The molecule has 0 saturated heterocycles. The summed E-state index contributed by atoms with van der Waals surface area (Å²) in [6, 6.07) is 6.55. The molecule has 0 bridgehead atoms. The second-order valence-corrected chi connectivity index (χ2v) is 5.83. The molecule has 0 atom stereocenters. The second kappa shape index (κ2) is 4.52. The van der Waals surface area contributed by atoms with E-state index in [1.54, 1.807) is 6.20 Å². The van der Waals surface area contributed by atoms with Gasteiger partial charge in [0.25, 0.3) is 0 Å². The molecule has 0 aliphatic heterocycles. The Morgan fingerprint density at radius 2 is 2.22 bits per heavy atom. The number of imidazole rings is 1. The molecule has 1 heterocycles. The fourth-order valence-corrected chi connectivity index (χ4v) is 3.25. The highest BCUT2D eigenvalue weighted by molar-refractivity contribution is 9.10. The lowest BCUT2D eigenvalue weighted by atomic mass is 9.64. The Kier molecular flexibility index (Phi) is 2.99. The molecule has 1 aromatic carbocycles. The minimum atomic E-state index is 0.218. The topological polar surface area (TPSA) is 43.8 Å². The number of nitrogens with zero attached hydrogens (tertiary/aromatic N) is 2. The van der Waals surface area contributed by atoms with Gasteiger partial charge in [-0.25, -0.2) is 4.98 Å². The minimum absolute atomic E-state index is 0.218. The van der Waals surface area contributed by atoms with Crippen molar-refractivity contribution in [3.05, 3.63) is 47.0 Å². The summed E-state index contributed by atoms with van der Waals surface area (Å²) in [5.74, 6) is 0. The van der Waals surface area contributed by atoms with Crippen LogP contribution in [0.3, 0.4) is 0 Å². The van der Waals surface area contributed by atoms with Gasteiger partial charge in [0, 0.05) is 28.8 Å². The third kappa shape index (κ3) is 1.80.